The van der Waals surface area contributed by atoms with Gasteiger partial charge in [-0.3, -0.25) is 0 Å². The van der Waals surface area contributed by atoms with Crippen molar-refractivity contribution in [3.63, 3.8) is 0 Å². The zero-order valence-electron chi connectivity index (χ0n) is 6.45. The third kappa shape index (κ3) is 1.52. The second-order valence-electron chi connectivity index (χ2n) is 2.90. The summed E-state index contributed by atoms with van der Waals surface area (Å²) < 4.78 is 40.8. The largest absolute Gasteiger partial charge is 0.422 e. The van der Waals surface area contributed by atoms with Gasteiger partial charge in [-0.25, -0.2) is 0 Å². The molecule has 0 aliphatic carbocycles. The van der Waals surface area contributed by atoms with E-state index in [9.17, 15) is 13.2 Å². The van der Waals surface area contributed by atoms with Gasteiger partial charge in [0.15, 0.2) is 0 Å². The van der Waals surface area contributed by atoms with Crippen molar-refractivity contribution in [2.75, 3.05) is 13.2 Å². The van der Waals surface area contributed by atoms with Gasteiger partial charge < -0.3 is 20.1 Å². The maximum atomic E-state index is 12.1. The minimum absolute atomic E-state index is 0.764. The number of hydrogen-bond acceptors (Lipinski definition) is 4. The third-order valence-corrected chi connectivity index (χ3v) is 2.03. The summed E-state index contributed by atoms with van der Waals surface area (Å²) in [7, 11) is 0. The fourth-order valence-electron chi connectivity index (χ4n) is 1.12. The zero-order chi connectivity index (χ0) is 10.3. The summed E-state index contributed by atoms with van der Waals surface area (Å²) in [6.45, 7) is -1.82. The van der Waals surface area contributed by atoms with E-state index in [1.807, 2.05) is 0 Å². The molecular weight excluding hydrogens is 193 g/mol. The number of rotatable bonds is 1. The molecule has 1 aliphatic rings. The van der Waals surface area contributed by atoms with Gasteiger partial charge in [0.25, 0.3) is 0 Å². The summed E-state index contributed by atoms with van der Waals surface area (Å²) in [6, 6.07) is 0. The van der Waals surface area contributed by atoms with E-state index in [0.717, 1.165) is 0 Å². The van der Waals surface area contributed by atoms with Crippen molar-refractivity contribution < 1.29 is 33.2 Å². The Bertz CT molecular complexity index is 195. The summed E-state index contributed by atoms with van der Waals surface area (Å²) >= 11 is 0. The Hall–Kier alpha value is -0.370. The molecule has 78 valence electrons. The highest BCUT2D eigenvalue weighted by atomic mass is 19.4. The van der Waals surface area contributed by atoms with Crippen LogP contribution in [0.25, 0.3) is 0 Å². The molecule has 13 heavy (non-hydrogen) atoms. The van der Waals surface area contributed by atoms with E-state index in [1.165, 1.54) is 0 Å². The lowest BCUT2D eigenvalue weighted by molar-refractivity contribution is -0.279. The molecule has 0 saturated carbocycles. The zero-order valence-corrected chi connectivity index (χ0v) is 6.45. The summed E-state index contributed by atoms with van der Waals surface area (Å²) in [5.74, 6) is 0. The second-order valence-corrected chi connectivity index (χ2v) is 2.90. The van der Waals surface area contributed by atoms with E-state index >= 15 is 0 Å². The lowest BCUT2D eigenvalue weighted by Crippen LogP contribution is -2.55. The highest BCUT2D eigenvalue weighted by molar-refractivity contribution is 5.01. The average molecular weight is 202 g/mol. The molecular formula is C6H9F3O4. The van der Waals surface area contributed by atoms with Crippen LogP contribution in [0.2, 0.25) is 0 Å². The fourth-order valence-corrected chi connectivity index (χ4v) is 1.12. The molecule has 4 nitrogen and oxygen atoms in total. The van der Waals surface area contributed by atoms with Gasteiger partial charge in [0.2, 0.25) is 5.60 Å². The van der Waals surface area contributed by atoms with E-state index < -0.39 is 37.2 Å². The molecule has 7 heteroatoms. The van der Waals surface area contributed by atoms with Gasteiger partial charge in [0.05, 0.1) is 13.2 Å². The minimum Gasteiger partial charge on any atom is -0.394 e. The number of hydrogen-bond donors (Lipinski definition) is 3. The number of aliphatic hydroxyl groups excluding tert-OH is 2. The van der Waals surface area contributed by atoms with Crippen LogP contribution in [0.3, 0.4) is 0 Å². The first kappa shape index (κ1) is 10.7. The summed E-state index contributed by atoms with van der Waals surface area (Å²) in [5.41, 5.74) is -3.26. The number of aliphatic hydroxyl groups is 3. The van der Waals surface area contributed by atoms with Gasteiger partial charge >= 0.3 is 6.18 Å². The maximum Gasteiger partial charge on any atom is 0.422 e. The Morgan fingerprint density at radius 1 is 1.46 bits per heavy atom. The Balaban J connectivity index is 2.83. The van der Waals surface area contributed by atoms with Gasteiger partial charge in [-0.15, -0.1) is 0 Å². The fraction of sp³-hybridized carbons (Fsp3) is 1.00. The number of ether oxygens (including phenoxy) is 1. The summed E-state index contributed by atoms with van der Waals surface area (Å²) in [5, 5.41) is 26.4. The normalized spacial score (nSPS) is 41.1. The Labute approximate surface area is 71.6 Å². The molecule has 1 rings (SSSR count). The van der Waals surface area contributed by atoms with Crippen LogP contribution < -0.4 is 0 Å². The van der Waals surface area contributed by atoms with E-state index in [0.29, 0.717) is 0 Å². The molecule has 0 radical (unpaired) electrons. The Kier molecular flexibility index (Phi) is 2.54. The molecule has 0 unspecified atom stereocenters. The van der Waals surface area contributed by atoms with Crippen LogP contribution in [0.4, 0.5) is 13.2 Å². The van der Waals surface area contributed by atoms with E-state index in [1.54, 1.807) is 0 Å². The molecule has 0 aromatic heterocycles. The number of alkyl halides is 3. The molecule has 3 N–H and O–H groups in total. The molecule has 0 aromatic carbocycles. The molecule has 0 amide bonds. The first-order valence-corrected chi connectivity index (χ1v) is 3.52. The van der Waals surface area contributed by atoms with Crippen molar-refractivity contribution in [1.82, 2.24) is 0 Å². The van der Waals surface area contributed by atoms with Crippen molar-refractivity contribution in [2.45, 2.75) is 24.0 Å². The molecule has 0 spiro atoms. The lowest BCUT2D eigenvalue weighted by Gasteiger charge is -2.27. The van der Waals surface area contributed by atoms with E-state index in [4.69, 9.17) is 15.3 Å². The van der Waals surface area contributed by atoms with Crippen LogP contribution in [0.15, 0.2) is 0 Å². The second kappa shape index (κ2) is 3.09. The lowest BCUT2D eigenvalue weighted by atomic mass is 9.96. The summed E-state index contributed by atoms with van der Waals surface area (Å²) in [4.78, 5) is 0. The first-order chi connectivity index (χ1) is 5.83. The number of halogens is 3. The van der Waals surface area contributed by atoms with Crippen LogP contribution in [-0.4, -0.2) is 52.5 Å². The molecule has 1 fully saturated rings. The van der Waals surface area contributed by atoms with Crippen LogP contribution in [0.1, 0.15) is 0 Å². The Morgan fingerprint density at radius 3 is 2.23 bits per heavy atom. The van der Waals surface area contributed by atoms with Crippen LogP contribution in [-0.2, 0) is 4.74 Å². The predicted molar refractivity (Wildman–Crippen MR) is 33.8 cm³/mol. The van der Waals surface area contributed by atoms with Gasteiger partial charge in [-0.2, -0.15) is 13.2 Å². The minimum atomic E-state index is -4.96. The van der Waals surface area contributed by atoms with Crippen molar-refractivity contribution in [3.8, 4) is 0 Å². The van der Waals surface area contributed by atoms with Crippen molar-refractivity contribution in [2.24, 2.45) is 0 Å². The smallest absolute Gasteiger partial charge is 0.394 e. The summed E-state index contributed by atoms with van der Waals surface area (Å²) in [6.07, 6.45) is -8.49. The van der Waals surface area contributed by atoms with Crippen LogP contribution in [0.5, 0.6) is 0 Å². The van der Waals surface area contributed by atoms with Gasteiger partial charge in [0.1, 0.15) is 12.2 Å². The first-order valence-electron chi connectivity index (χ1n) is 3.52. The molecule has 1 heterocycles. The van der Waals surface area contributed by atoms with Gasteiger partial charge in [-0.05, 0) is 0 Å². The topological polar surface area (TPSA) is 69.9 Å². The maximum absolute atomic E-state index is 12.1. The van der Waals surface area contributed by atoms with Crippen LogP contribution >= 0.6 is 0 Å². The van der Waals surface area contributed by atoms with Gasteiger partial charge in [-0.1, -0.05) is 0 Å². The third-order valence-electron chi connectivity index (χ3n) is 2.03. The van der Waals surface area contributed by atoms with Gasteiger partial charge in [0, 0.05) is 0 Å². The molecule has 0 bridgehead atoms. The Morgan fingerprint density at radius 2 is 2.00 bits per heavy atom. The monoisotopic (exact) mass is 202 g/mol. The molecule has 3 atom stereocenters. The highest BCUT2D eigenvalue weighted by Crippen LogP contribution is 2.39. The quantitative estimate of drug-likeness (QED) is 0.511. The molecule has 1 aliphatic heterocycles. The van der Waals surface area contributed by atoms with Crippen molar-refractivity contribution >= 4 is 0 Å². The van der Waals surface area contributed by atoms with Crippen molar-refractivity contribution in [3.05, 3.63) is 0 Å². The molecule has 1 saturated heterocycles. The van der Waals surface area contributed by atoms with Crippen LogP contribution in [0, 0.1) is 0 Å². The van der Waals surface area contributed by atoms with E-state index in [2.05, 4.69) is 4.74 Å². The predicted octanol–water partition coefficient (Wildman–Crippen LogP) is -0.968. The van der Waals surface area contributed by atoms with E-state index in [-0.39, 0.29) is 0 Å². The SMILES string of the molecule is OC[C@H]1OC[C@@](O)(C(F)(F)F)[C@@H]1O. The van der Waals surface area contributed by atoms with Crippen molar-refractivity contribution in [1.29, 1.82) is 0 Å². The highest BCUT2D eigenvalue weighted by Gasteiger charge is 2.64. The molecule has 0 aromatic rings. The standard InChI is InChI=1S/C6H9F3O4/c7-6(8,9)5(12)2-13-3(1-10)4(5)11/h3-4,10-12H,1-2H2/t3-,4-,5+/m1/s1. The average Bonchev–Trinajstić information content (AvgIpc) is 2.29.